The van der Waals surface area contributed by atoms with Crippen LogP contribution < -0.4 is 9.44 Å². The second kappa shape index (κ2) is 5.83. The molecular weight excluding hydrogens is 416 g/mol. The average Bonchev–Trinajstić information content (AvgIpc) is 2.81. The highest BCUT2D eigenvalue weighted by molar-refractivity contribution is 9.10. The lowest BCUT2D eigenvalue weighted by Gasteiger charge is -2.24. The molecule has 0 fully saturated rings. The molecule has 1 aliphatic heterocycles. The number of hydrogen-bond acceptors (Lipinski definition) is 4. The molecule has 0 spiro atoms. The van der Waals surface area contributed by atoms with Gasteiger partial charge < -0.3 is 0 Å². The van der Waals surface area contributed by atoms with Gasteiger partial charge >= 0.3 is 0 Å². The first-order chi connectivity index (χ1) is 11.1. The molecule has 0 aliphatic carbocycles. The van der Waals surface area contributed by atoms with E-state index >= 15 is 0 Å². The highest BCUT2D eigenvalue weighted by atomic mass is 79.9. The number of rotatable bonds is 3. The summed E-state index contributed by atoms with van der Waals surface area (Å²) in [6, 6.07) is 10.4. The molecule has 0 aromatic heterocycles. The van der Waals surface area contributed by atoms with Crippen LogP contribution in [0.3, 0.4) is 0 Å². The van der Waals surface area contributed by atoms with Gasteiger partial charge in [-0.3, -0.25) is 4.31 Å². The van der Waals surface area contributed by atoms with Crippen LogP contribution in [0, 0.1) is 0 Å². The molecule has 0 saturated heterocycles. The SMILES string of the molecule is CC1Cc2cc(S(N)(=O)=O)ccc2N1S(=O)(=O)c1cccc(Br)c1. The summed E-state index contributed by atoms with van der Waals surface area (Å²) in [6.07, 6.45) is 0.423. The summed E-state index contributed by atoms with van der Waals surface area (Å²) in [7, 11) is -7.58. The Bertz CT molecular complexity index is 1020. The van der Waals surface area contributed by atoms with E-state index in [2.05, 4.69) is 15.9 Å². The molecular formula is C15H15BrN2O4S2. The second-order valence-electron chi connectivity index (χ2n) is 5.65. The summed E-state index contributed by atoms with van der Waals surface area (Å²) in [5.41, 5.74) is 1.13. The first-order valence-electron chi connectivity index (χ1n) is 7.06. The molecule has 0 amide bonds. The average molecular weight is 431 g/mol. The molecule has 1 atom stereocenters. The first-order valence-corrected chi connectivity index (χ1v) is 10.8. The lowest BCUT2D eigenvalue weighted by molar-refractivity contribution is 0.584. The van der Waals surface area contributed by atoms with Crippen LogP contribution in [0.5, 0.6) is 0 Å². The molecule has 2 aromatic rings. The fourth-order valence-corrected chi connectivity index (χ4v) is 5.72. The normalized spacial score (nSPS) is 17.8. The number of sulfonamides is 2. The summed E-state index contributed by atoms with van der Waals surface area (Å²) in [5.74, 6) is 0. The zero-order valence-electron chi connectivity index (χ0n) is 12.7. The van der Waals surface area contributed by atoms with Crippen LogP contribution >= 0.6 is 15.9 Å². The zero-order chi connectivity index (χ0) is 17.7. The van der Waals surface area contributed by atoms with E-state index in [0.717, 1.165) is 0 Å². The van der Waals surface area contributed by atoms with E-state index in [1.807, 2.05) is 0 Å². The van der Waals surface area contributed by atoms with Crippen LogP contribution in [0.25, 0.3) is 0 Å². The van der Waals surface area contributed by atoms with Gasteiger partial charge in [-0.2, -0.15) is 0 Å². The summed E-state index contributed by atoms with van der Waals surface area (Å²) in [4.78, 5) is 0.155. The molecule has 9 heteroatoms. The van der Waals surface area contributed by atoms with Crippen molar-refractivity contribution in [3.8, 4) is 0 Å². The van der Waals surface area contributed by atoms with Crippen molar-refractivity contribution >= 4 is 41.7 Å². The maximum Gasteiger partial charge on any atom is 0.264 e. The highest BCUT2D eigenvalue weighted by Gasteiger charge is 2.36. The van der Waals surface area contributed by atoms with Gasteiger partial charge in [-0.25, -0.2) is 22.0 Å². The van der Waals surface area contributed by atoms with Crippen molar-refractivity contribution in [2.24, 2.45) is 5.14 Å². The molecule has 3 rings (SSSR count). The standard InChI is InChI=1S/C15H15BrN2O4S2/c1-10-7-11-8-13(23(17,19)20)5-6-15(11)18(10)24(21,22)14-4-2-3-12(16)9-14/h2-6,8-10H,7H2,1H3,(H2,17,19,20). The van der Waals surface area contributed by atoms with Gasteiger partial charge in [-0.1, -0.05) is 22.0 Å². The van der Waals surface area contributed by atoms with E-state index in [0.29, 0.717) is 22.1 Å². The number of benzene rings is 2. The number of nitrogens with two attached hydrogens (primary N) is 1. The van der Waals surface area contributed by atoms with Crippen LogP contribution in [-0.4, -0.2) is 22.9 Å². The van der Waals surface area contributed by atoms with Crippen LogP contribution in [0.15, 0.2) is 56.7 Å². The van der Waals surface area contributed by atoms with Gasteiger partial charge in [0.05, 0.1) is 15.5 Å². The Kier molecular flexibility index (Phi) is 4.23. The Labute approximate surface area is 149 Å². The van der Waals surface area contributed by atoms with Gasteiger partial charge in [0.2, 0.25) is 10.0 Å². The van der Waals surface area contributed by atoms with E-state index < -0.39 is 20.0 Å². The number of primary sulfonamides is 1. The Morgan fingerprint density at radius 2 is 1.79 bits per heavy atom. The Morgan fingerprint density at radius 3 is 2.42 bits per heavy atom. The van der Waals surface area contributed by atoms with Crippen LogP contribution in [0.4, 0.5) is 5.69 Å². The lowest BCUT2D eigenvalue weighted by atomic mass is 10.1. The largest absolute Gasteiger partial charge is 0.264 e. The third-order valence-corrected chi connectivity index (χ3v) is 7.21. The quantitative estimate of drug-likeness (QED) is 0.806. The van der Waals surface area contributed by atoms with Crippen molar-refractivity contribution in [3.63, 3.8) is 0 Å². The van der Waals surface area contributed by atoms with E-state index in [1.165, 1.54) is 28.6 Å². The van der Waals surface area contributed by atoms with E-state index in [1.54, 1.807) is 25.1 Å². The van der Waals surface area contributed by atoms with Gasteiger partial charge in [0.25, 0.3) is 10.0 Å². The number of hydrogen-bond donors (Lipinski definition) is 1. The van der Waals surface area contributed by atoms with Crippen molar-refractivity contribution in [1.29, 1.82) is 0 Å². The van der Waals surface area contributed by atoms with Gasteiger partial charge in [-0.05, 0) is 55.3 Å². The van der Waals surface area contributed by atoms with Crippen molar-refractivity contribution in [2.75, 3.05) is 4.31 Å². The maximum atomic E-state index is 13.0. The van der Waals surface area contributed by atoms with E-state index in [9.17, 15) is 16.8 Å². The molecule has 0 saturated carbocycles. The summed E-state index contributed by atoms with van der Waals surface area (Å²) >= 11 is 3.28. The number of halogens is 1. The molecule has 0 bridgehead atoms. The third-order valence-electron chi connectivity index (χ3n) is 3.89. The summed E-state index contributed by atoms with van der Waals surface area (Å²) < 4.78 is 51.0. The number of anilines is 1. The molecule has 0 radical (unpaired) electrons. The molecule has 2 aromatic carbocycles. The Morgan fingerprint density at radius 1 is 1.08 bits per heavy atom. The van der Waals surface area contributed by atoms with Crippen molar-refractivity contribution in [3.05, 3.63) is 52.5 Å². The second-order valence-corrected chi connectivity index (χ2v) is 9.94. The fourth-order valence-electron chi connectivity index (χ4n) is 2.86. The van der Waals surface area contributed by atoms with Gasteiger partial charge in [0, 0.05) is 10.5 Å². The molecule has 24 heavy (non-hydrogen) atoms. The smallest absolute Gasteiger partial charge is 0.263 e. The Balaban J connectivity index is 2.12. The minimum Gasteiger partial charge on any atom is -0.263 e. The fraction of sp³-hybridized carbons (Fsp3) is 0.200. The van der Waals surface area contributed by atoms with E-state index in [4.69, 9.17) is 5.14 Å². The lowest BCUT2D eigenvalue weighted by Crippen LogP contribution is -2.35. The minimum absolute atomic E-state index is 0.0184. The molecule has 6 nitrogen and oxygen atoms in total. The van der Waals surface area contributed by atoms with E-state index in [-0.39, 0.29) is 15.8 Å². The Hall–Kier alpha value is -1.42. The topological polar surface area (TPSA) is 97.5 Å². The van der Waals surface area contributed by atoms with Crippen molar-refractivity contribution < 1.29 is 16.8 Å². The van der Waals surface area contributed by atoms with Crippen molar-refractivity contribution in [2.45, 2.75) is 29.2 Å². The third kappa shape index (κ3) is 2.97. The highest BCUT2D eigenvalue weighted by Crippen LogP contribution is 2.38. The predicted molar refractivity (Wildman–Crippen MR) is 94.8 cm³/mol. The predicted octanol–water partition coefficient (Wildman–Crippen LogP) is 2.24. The zero-order valence-corrected chi connectivity index (χ0v) is 15.9. The van der Waals surface area contributed by atoms with Gasteiger partial charge in [0.1, 0.15) is 0 Å². The molecule has 2 N–H and O–H groups in total. The number of fused-ring (bicyclic) bond motifs is 1. The van der Waals surface area contributed by atoms with Crippen LogP contribution in [0.1, 0.15) is 12.5 Å². The van der Waals surface area contributed by atoms with Crippen molar-refractivity contribution in [1.82, 2.24) is 0 Å². The molecule has 1 heterocycles. The van der Waals surface area contributed by atoms with Crippen LogP contribution in [-0.2, 0) is 26.5 Å². The monoisotopic (exact) mass is 430 g/mol. The van der Waals surface area contributed by atoms with Gasteiger partial charge in [-0.15, -0.1) is 0 Å². The van der Waals surface area contributed by atoms with Crippen LogP contribution in [0.2, 0.25) is 0 Å². The maximum absolute atomic E-state index is 13.0. The molecule has 1 aliphatic rings. The van der Waals surface area contributed by atoms with Gasteiger partial charge in [0.15, 0.2) is 0 Å². The number of nitrogens with zero attached hydrogens (tertiary/aromatic N) is 1. The summed E-state index contributed by atoms with van der Waals surface area (Å²) in [6.45, 7) is 1.78. The molecule has 128 valence electrons. The minimum atomic E-state index is -3.83. The first kappa shape index (κ1) is 17.4. The summed E-state index contributed by atoms with van der Waals surface area (Å²) in [5, 5.41) is 5.15. The molecule has 1 unspecified atom stereocenters.